The third kappa shape index (κ3) is 4.58. The minimum atomic E-state index is -0.845. The monoisotopic (exact) mass is 450 g/mol. The molecule has 2 aliphatic rings. The molecule has 1 aliphatic carbocycles. The summed E-state index contributed by atoms with van der Waals surface area (Å²) in [6.07, 6.45) is 0.0805. The van der Waals surface area contributed by atoms with Gasteiger partial charge in [0, 0.05) is 31.5 Å². The molecule has 0 aromatic heterocycles. The highest BCUT2D eigenvalue weighted by atomic mass is 16.5. The van der Waals surface area contributed by atoms with Gasteiger partial charge >= 0.3 is 12.1 Å². The number of carboxylic acids is 1. The number of likely N-dealkylation sites (tertiary alicyclic amines) is 1. The predicted molar refractivity (Wildman–Crippen MR) is 124 cm³/mol. The molecule has 1 aliphatic heterocycles. The topological polar surface area (TPSA) is 95.9 Å². The van der Waals surface area contributed by atoms with Crippen molar-refractivity contribution in [3.63, 3.8) is 0 Å². The van der Waals surface area contributed by atoms with Crippen LogP contribution in [0.1, 0.15) is 43.7 Å². The van der Waals surface area contributed by atoms with Crippen molar-refractivity contribution >= 4 is 18.0 Å². The first-order chi connectivity index (χ1) is 15.8. The van der Waals surface area contributed by atoms with Crippen molar-refractivity contribution in [2.24, 2.45) is 11.3 Å². The van der Waals surface area contributed by atoms with E-state index in [1.54, 1.807) is 4.90 Å². The van der Waals surface area contributed by atoms with E-state index in [0.717, 1.165) is 11.1 Å². The number of hydrogen-bond acceptors (Lipinski definition) is 4. The minimum absolute atomic E-state index is 0.00245. The molecule has 0 bridgehead atoms. The smallest absolute Gasteiger partial charge is 0.407 e. The summed E-state index contributed by atoms with van der Waals surface area (Å²) in [7, 11) is 0. The number of hydrogen-bond donors (Lipinski definition) is 2. The molecule has 33 heavy (non-hydrogen) atoms. The van der Waals surface area contributed by atoms with Crippen LogP contribution in [0, 0.1) is 11.3 Å². The summed E-state index contributed by atoms with van der Waals surface area (Å²) < 4.78 is 5.58. The van der Waals surface area contributed by atoms with Gasteiger partial charge in [0.15, 0.2) is 0 Å². The minimum Gasteiger partial charge on any atom is -0.481 e. The van der Waals surface area contributed by atoms with Crippen LogP contribution in [0.3, 0.4) is 0 Å². The Morgan fingerprint density at radius 1 is 1.06 bits per heavy atom. The molecule has 2 amide bonds. The van der Waals surface area contributed by atoms with Crippen LogP contribution >= 0.6 is 0 Å². The first-order valence-electron chi connectivity index (χ1n) is 11.4. The fraction of sp³-hybridized carbons (Fsp3) is 0.423. The first-order valence-corrected chi connectivity index (χ1v) is 11.4. The molecule has 2 aromatic carbocycles. The molecule has 0 spiro atoms. The summed E-state index contributed by atoms with van der Waals surface area (Å²) in [6.45, 7) is 5.02. The number of carbonyl (C=O) groups excluding carboxylic acids is 2. The lowest BCUT2D eigenvalue weighted by molar-refractivity contribution is -0.151. The maximum Gasteiger partial charge on any atom is 0.407 e. The van der Waals surface area contributed by atoms with Crippen LogP contribution in [0.25, 0.3) is 11.1 Å². The normalized spacial score (nSPS) is 16.8. The highest BCUT2D eigenvalue weighted by molar-refractivity contribution is 5.84. The average molecular weight is 451 g/mol. The summed E-state index contributed by atoms with van der Waals surface area (Å²) in [5.41, 5.74) is 3.87. The van der Waals surface area contributed by atoms with Gasteiger partial charge in [-0.15, -0.1) is 0 Å². The number of benzene rings is 2. The Hall–Kier alpha value is -3.35. The molecule has 0 saturated carbocycles. The standard InChI is InChI=1S/C26H30N2O5/c1-3-26(2,24(31)28-13-17(14-28)12-23(29)30)16-27-25(32)33-15-22-20-10-6-4-8-18(20)19-9-5-7-11-21(19)22/h4-11,17,22H,3,12-16H2,1-2H3,(H,27,32)(H,29,30). The Labute approximate surface area is 193 Å². The summed E-state index contributed by atoms with van der Waals surface area (Å²) in [5, 5.41) is 11.7. The van der Waals surface area contributed by atoms with Gasteiger partial charge in [0.2, 0.25) is 5.91 Å². The summed E-state index contributed by atoms with van der Waals surface area (Å²) >= 11 is 0. The largest absolute Gasteiger partial charge is 0.481 e. The second-order valence-corrected chi connectivity index (χ2v) is 9.27. The number of amides is 2. The molecule has 1 saturated heterocycles. The van der Waals surface area contributed by atoms with Crippen molar-refractivity contribution in [2.75, 3.05) is 26.2 Å². The molecular formula is C26H30N2O5. The predicted octanol–water partition coefficient (Wildman–Crippen LogP) is 3.87. The molecule has 0 radical (unpaired) electrons. The second kappa shape index (κ2) is 9.25. The number of alkyl carbamates (subject to hydrolysis) is 1. The van der Waals surface area contributed by atoms with Crippen molar-refractivity contribution < 1.29 is 24.2 Å². The van der Waals surface area contributed by atoms with Crippen LogP contribution in [0.4, 0.5) is 4.79 Å². The van der Waals surface area contributed by atoms with Crippen LogP contribution in [0.2, 0.25) is 0 Å². The number of fused-ring (bicyclic) bond motifs is 3. The molecule has 7 heteroatoms. The fourth-order valence-corrected chi connectivity index (χ4v) is 4.76. The molecule has 174 valence electrons. The number of aliphatic carboxylic acids is 1. The van der Waals surface area contributed by atoms with Crippen LogP contribution in [0.15, 0.2) is 48.5 Å². The van der Waals surface area contributed by atoms with Crippen molar-refractivity contribution in [3.05, 3.63) is 59.7 Å². The third-order valence-electron chi connectivity index (χ3n) is 6.97. The Morgan fingerprint density at radius 3 is 2.18 bits per heavy atom. The van der Waals surface area contributed by atoms with Gasteiger partial charge < -0.3 is 20.1 Å². The zero-order valence-electron chi connectivity index (χ0n) is 19.0. The fourth-order valence-electron chi connectivity index (χ4n) is 4.76. The summed E-state index contributed by atoms with van der Waals surface area (Å²) in [4.78, 5) is 38.0. The quantitative estimate of drug-likeness (QED) is 0.636. The summed E-state index contributed by atoms with van der Waals surface area (Å²) in [5.74, 6) is -0.926. The lowest BCUT2D eigenvalue weighted by atomic mass is 9.83. The lowest BCUT2D eigenvalue weighted by Crippen LogP contribution is -2.57. The van der Waals surface area contributed by atoms with Crippen molar-refractivity contribution in [2.45, 2.75) is 32.6 Å². The van der Waals surface area contributed by atoms with Gasteiger partial charge in [-0.3, -0.25) is 9.59 Å². The summed E-state index contributed by atoms with van der Waals surface area (Å²) in [6, 6.07) is 16.3. The zero-order valence-corrected chi connectivity index (χ0v) is 19.0. The van der Waals surface area contributed by atoms with Gasteiger partial charge in [-0.05, 0) is 35.6 Å². The Balaban J connectivity index is 1.32. The van der Waals surface area contributed by atoms with E-state index < -0.39 is 17.5 Å². The Bertz CT molecular complexity index is 1020. The Morgan fingerprint density at radius 2 is 1.64 bits per heavy atom. The van der Waals surface area contributed by atoms with E-state index in [4.69, 9.17) is 9.84 Å². The van der Waals surface area contributed by atoms with Crippen molar-refractivity contribution in [3.8, 4) is 11.1 Å². The maximum absolute atomic E-state index is 13.0. The molecule has 4 rings (SSSR count). The number of nitrogens with zero attached hydrogens (tertiary/aromatic N) is 1. The first kappa shape index (κ1) is 22.8. The number of carboxylic acid groups (broad SMARTS) is 1. The van der Waals surface area contributed by atoms with Gasteiger partial charge in [-0.2, -0.15) is 0 Å². The number of nitrogens with one attached hydrogen (secondary N) is 1. The highest BCUT2D eigenvalue weighted by Gasteiger charge is 2.41. The SMILES string of the molecule is CCC(C)(CNC(=O)OCC1c2ccccc2-c2ccccc21)C(=O)N1CC(CC(=O)O)C1. The number of rotatable bonds is 8. The second-order valence-electron chi connectivity index (χ2n) is 9.27. The van der Waals surface area contributed by atoms with E-state index in [1.807, 2.05) is 38.1 Å². The van der Waals surface area contributed by atoms with E-state index in [-0.39, 0.29) is 37.3 Å². The van der Waals surface area contributed by atoms with E-state index in [9.17, 15) is 14.4 Å². The molecule has 1 atom stereocenters. The lowest BCUT2D eigenvalue weighted by Gasteiger charge is -2.43. The molecule has 1 unspecified atom stereocenters. The number of carbonyl (C=O) groups is 3. The average Bonchev–Trinajstić information content (AvgIpc) is 3.11. The Kier molecular flexibility index (Phi) is 6.40. The molecule has 2 aromatic rings. The van der Waals surface area contributed by atoms with Crippen LogP contribution in [-0.4, -0.2) is 54.2 Å². The number of ether oxygens (including phenoxy) is 1. The van der Waals surface area contributed by atoms with Crippen molar-refractivity contribution in [1.29, 1.82) is 0 Å². The van der Waals surface area contributed by atoms with E-state index >= 15 is 0 Å². The van der Waals surface area contributed by atoms with Gasteiger partial charge in [-0.25, -0.2) is 4.79 Å². The van der Waals surface area contributed by atoms with Gasteiger partial charge in [0.05, 0.1) is 11.8 Å². The van der Waals surface area contributed by atoms with Crippen LogP contribution in [-0.2, 0) is 14.3 Å². The van der Waals surface area contributed by atoms with Crippen LogP contribution < -0.4 is 5.32 Å². The van der Waals surface area contributed by atoms with Gasteiger partial charge in [0.1, 0.15) is 6.61 Å². The van der Waals surface area contributed by atoms with Crippen molar-refractivity contribution in [1.82, 2.24) is 10.2 Å². The van der Waals surface area contributed by atoms with Gasteiger partial charge in [-0.1, -0.05) is 55.5 Å². The highest BCUT2D eigenvalue weighted by Crippen LogP contribution is 2.44. The van der Waals surface area contributed by atoms with E-state index in [2.05, 4.69) is 29.6 Å². The maximum atomic E-state index is 13.0. The van der Waals surface area contributed by atoms with Crippen LogP contribution in [0.5, 0.6) is 0 Å². The molecular weight excluding hydrogens is 420 g/mol. The molecule has 7 nitrogen and oxygen atoms in total. The molecule has 2 N–H and O–H groups in total. The zero-order chi connectivity index (χ0) is 23.6. The van der Waals surface area contributed by atoms with E-state index in [0.29, 0.717) is 19.5 Å². The van der Waals surface area contributed by atoms with E-state index in [1.165, 1.54) is 11.1 Å². The molecule has 1 heterocycles. The molecule has 1 fully saturated rings. The third-order valence-corrected chi connectivity index (χ3v) is 6.97. The van der Waals surface area contributed by atoms with Gasteiger partial charge in [0.25, 0.3) is 0 Å².